The Bertz CT molecular complexity index is 835. The standard InChI is InChI=1S/C18H23N3O3S/c22-18(17-13-14-3-1-2-4-16(14)19-17)21-7-5-15(6-8-21)20-9-11-25(23,24)12-10-20/h1-4,13,15,19H,5-12H2. The zero-order chi connectivity index (χ0) is 17.4. The van der Waals surface area contributed by atoms with Gasteiger partial charge in [0.1, 0.15) is 5.69 Å². The van der Waals surface area contributed by atoms with Gasteiger partial charge in [0.15, 0.2) is 9.84 Å². The Morgan fingerprint density at radius 2 is 1.72 bits per heavy atom. The number of benzene rings is 1. The molecule has 134 valence electrons. The van der Waals surface area contributed by atoms with E-state index in [1.54, 1.807) is 0 Å². The maximum absolute atomic E-state index is 12.7. The third-order valence-electron chi connectivity index (χ3n) is 5.41. The van der Waals surface area contributed by atoms with Crippen LogP contribution < -0.4 is 0 Å². The van der Waals surface area contributed by atoms with Crippen LogP contribution in [0.5, 0.6) is 0 Å². The Labute approximate surface area is 147 Å². The van der Waals surface area contributed by atoms with Crippen molar-refractivity contribution >= 4 is 26.6 Å². The fraction of sp³-hybridized carbons (Fsp3) is 0.500. The summed E-state index contributed by atoms with van der Waals surface area (Å²) in [4.78, 5) is 20.1. The average Bonchev–Trinajstić information content (AvgIpc) is 3.05. The summed E-state index contributed by atoms with van der Waals surface area (Å²) in [5.41, 5.74) is 1.62. The number of aromatic nitrogens is 1. The number of fused-ring (bicyclic) bond motifs is 1. The molecule has 0 atom stereocenters. The number of likely N-dealkylation sites (tertiary alicyclic amines) is 1. The van der Waals surface area contributed by atoms with Crippen LogP contribution in [-0.2, 0) is 9.84 Å². The molecule has 4 rings (SSSR count). The maximum Gasteiger partial charge on any atom is 0.270 e. The summed E-state index contributed by atoms with van der Waals surface area (Å²) in [6.07, 6.45) is 1.82. The van der Waals surface area contributed by atoms with E-state index in [9.17, 15) is 13.2 Å². The number of rotatable bonds is 2. The van der Waals surface area contributed by atoms with Crippen LogP contribution in [0.4, 0.5) is 0 Å². The number of amides is 1. The second-order valence-corrected chi connectivity index (χ2v) is 9.29. The second kappa shape index (κ2) is 6.46. The molecule has 0 bridgehead atoms. The lowest BCUT2D eigenvalue weighted by atomic mass is 10.0. The zero-order valence-corrected chi connectivity index (χ0v) is 15.0. The number of sulfone groups is 1. The topological polar surface area (TPSA) is 73.5 Å². The van der Waals surface area contributed by atoms with Crippen molar-refractivity contribution in [1.82, 2.24) is 14.8 Å². The van der Waals surface area contributed by atoms with Crippen molar-refractivity contribution in [3.63, 3.8) is 0 Å². The molecule has 1 aromatic heterocycles. The van der Waals surface area contributed by atoms with Gasteiger partial charge in [-0.3, -0.25) is 9.69 Å². The summed E-state index contributed by atoms with van der Waals surface area (Å²) in [6, 6.07) is 10.2. The molecule has 2 fully saturated rings. The first-order valence-electron chi connectivity index (χ1n) is 8.83. The number of hydrogen-bond acceptors (Lipinski definition) is 4. The third kappa shape index (κ3) is 3.43. The van der Waals surface area contributed by atoms with Crippen LogP contribution in [0.3, 0.4) is 0 Å². The molecule has 2 aliphatic rings. The molecule has 1 N–H and O–H groups in total. The summed E-state index contributed by atoms with van der Waals surface area (Å²) in [7, 11) is -2.84. The highest BCUT2D eigenvalue weighted by atomic mass is 32.2. The van der Waals surface area contributed by atoms with Crippen molar-refractivity contribution in [3.8, 4) is 0 Å². The van der Waals surface area contributed by atoms with E-state index in [0.717, 1.165) is 36.8 Å². The molecule has 6 nitrogen and oxygen atoms in total. The van der Waals surface area contributed by atoms with E-state index in [1.807, 2.05) is 35.2 Å². The van der Waals surface area contributed by atoms with Gasteiger partial charge in [0.2, 0.25) is 0 Å². The Balaban J connectivity index is 1.37. The monoisotopic (exact) mass is 361 g/mol. The molecular formula is C18H23N3O3S. The van der Waals surface area contributed by atoms with Gasteiger partial charge in [-0.1, -0.05) is 18.2 Å². The van der Waals surface area contributed by atoms with Gasteiger partial charge < -0.3 is 9.88 Å². The Morgan fingerprint density at radius 3 is 2.40 bits per heavy atom. The molecule has 0 aliphatic carbocycles. The Morgan fingerprint density at radius 1 is 1.04 bits per heavy atom. The van der Waals surface area contributed by atoms with E-state index in [4.69, 9.17) is 0 Å². The lowest BCUT2D eigenvalue weighted by Gasteiger charge is -2.39. The molecule has 1 aromatic carbocycles. The normalized spacial score (nSPS) is 22.3. The Hall–Kier alpha value is -1.86. The SMILES string of the molecule is O=C(c1cc2ccccc2[nH]1)N1CCC(N2CCS(=O)(=O)CC2)CC1. The average molecular weight is 361 g/mol. The van der Waals surface area contributed by atoms with E-state index >= 15 is 0 Å². The van der Waals surface area contributed by atoms with Crippen LogP contribution in [0.2, 0.25) is 0 Å². The minimum Gasteiger partial charge on any atom is -0.351 e. The minimum absolute atomic E-state index is 0.0517. The van der Waals surface area contributed by atoms with Gasteiger partial charge in [0.05, 0.1) is 11.5 Å². The van der Waals surface area contributed by atoms with Gasteiger partial charge in [0, 0.05) is 43.1 Å². The lowest BCUT2D eigenvalue weighted by molar-refractivity contribution is 0.0625. The lowest BCUT2D eigenvalue weighted by Crippen LogP contribution is -2.51. The number of carbonyl (C=O) groups excluding carboxylic acids is 1. The van der Waals surface area contributed by atoms with Gasteiger partial charge in [0.25, 0.3) is 5.91 Å². The van der Waals surface area contributed by atoms with Crippen molar-refractivity contribution in [1.29, 1.82) is 0 Å². The fourth-order valence-corrected chi connectivity index (χ4v) is 5.11. The molecule has 0 spiro atoms. The number of hydrogen-bond donors (Lipinski definition) is 1. The van der Waals surface area contributed by atoms with Crippen molar-refractivity contribution in [2.45, 2.75) is 18.9 Å². The summed E-state index contributed by atoms with van der Waals surface area (Å²) in [5.74, 6) is 0.582. The molecule has 2 saturated heterocycles. The van der Waals surface area contributed by atoms with Crippen LogP contribution in [-0.4, -0.2) is 72.8 Å². The van der Waals surface area contributed by atoms with Gasteiger partial charge in [-0.15, -0.1) is 0 Å². The van der Waals surface area contributed by atoms with Gasteiger partial charge in [-0.2, -0.15) is 0 Å². The molecule has 2 aromatic rings. The van der Waals surface area contributed by atoms with E-state index in [1.165, 1.54) is 0 Å². The number of aromatic amines is 1. The molecule has 0 radical (unpaired) electrons. The highest BCUT2D eigenvalue weighted by molar-refractivity contribution is 7.91. The summed E-state index contributed by atoms with van der Waals surface area (Å²) in [5, 5.41) is 1.05. The van der Waals surface area contributed by atoms with E-state index in [2.05, 4.69) is 9.88 Å². The molecular weight excluding hydrogens is 338 g/mol. The first kappa shape index (κ1) is 16.6. The van der Waals surface area contributed by atoms with Gasteiger partial charge in [-0.25, -0.2) is 8.42 Å². The molecule has 0 saturated carbocycles. The summed E-state index contributed by atoms with van der Waals surface area (Å²) in [6.45, 7) is 2.70. The smallest absolute Gasteiger partial charge is 0.270 e. The Kier molecular flexibility index (Phi) is 4.29. The number of carbonyl (C=O) groups is 1. The predicted molar refractivity (Wildman–Crippen MR) is 97.5 cm³/mol. The minimum atomic E-state index is -2.84. The predicted octanol–water partition coefficient (Wildman–Crippen LogP) is 1.50. The van der Waals surface area contributed by atoms with Crippen LogP contribution in [0.25, 0.3) is 10.9 Å². The van der Waals surface area contributed by atoms with Crippen molar-refractivity contribution in [3.05, 3.63) is 36.0 Å². The molecule has 1 amide bonds. The number of piperidine rings is 1. The second-order valence-electron chi connectivity index (χ2n) is 6.98. The van der Waals surface area contributed by atoms with Gasteiger partial charge >= 0.3 is 0 Å². The van der Waals surface area contributed by atoms with Crippen LogP contribution in [0, 0.1) is 0 Å². The zero-order valence-electron chi connectivity index (χ0n) is 14.1. The quantitative estimate of drug-likeness (QED) is 0.880. The maximum atomic E-state index is 12.7. The fourth-order valence-electron chi connectivity index (χ4n) is 3.88. The highest BCUT2D eigenvalue weighted by Crippen LogP contribution is 2.22. The largest absolute Gasteiger partial charge is 0.351 e. The molecule has 3 heterocycles. The number of para-hydroxylation sites is 1. The number of H-pyrrole nitrogens is 1. The van der Waals surface area contributed by atoms with Crippen molar-refractivity contribution < 1.29 is 13.2 Å². The first-order valence-corrected chi connectivity index (χ1v) is 10.7. The van der Waals surface area contributed by atoms with E-state index in [-0.39, 0.29) is 17.4 Å². The third-order valence-corrected chi connectivity index (χ3v) is 7.02. The molecule has 7 heteroatoms. The number of nitrogens with zero attached hydrogens (tertiary/aromatic N) is 2. The van der Waals surface area contributed by atoms with Gasteiger partial charge in [-0.05, 0) is 25.0 Å². The highest BCUT2D eigenvalue weighted by Gasteiger charge is 2.31. The van der Waals surface area contributed by atoms with Crippen LogP contribution >= 0.6 is 0 Å². The van der Waals surface area contributed by atoms with Crippen molar-refractivity contribution in [2.24, 2.45) is 0 Å². The van der Waals surface area contributed by atoms with E-state index in [0.29, 0.717) is 24.8 Å². The van der Waals surface area contributed by atoms with E-state index < -0.39 is 9.84 Å². The first-order chi connectivity index (χ1) is 12.0. The molecule has 0 unspecified atom stereocenters. The van der Waals surface area contributed by atoms with Crippen LogP contribution in [0.1, 0.15) is 23.3 Å². The van der Waals surface area contributed by atoms with Crippen molar-refractivity contribution in [2.75, 3.05) is 37.7 Å². The molecule has 25 heavy (non-hydrogen) atoms. The summed E-state index contributed by atoms with van der Waals surface area (Å²) < 4.78 is 23.1. The summed E-state index contributed by atoms with van der Waals surface area (Å²) >= 11 is 0. The van der Waals surface area contributed by atoms with Crippen LogP contribution in [0.15, 0.2) is 30.3 Å². The number of nitrogens with one attached hydrogen (secondary N) is 1. The molecule has 2 aliphatic heterocycles.